The first-order valence-electron chi connectivity index (χ1n) is 10.3. The van der Waals surface area contributed by atoms with Crippen LogP contribution in [0.4, 0.5) is 10.5 Å². The Morgan fingerprint density at radius 2 is 1.61 bits per heavy atom. The van der Waals surface area contributed by atoms with E-state index in [0.717, 1.165) is 16.0 Å². The van der Waals surface area contributed by atoms with Gasteiger partial charge in [-0.2, -0.15) is 0 Å². The molecule has 2 N–H and O–H groups in total. The van der Waals surface area contributed by atoms with Gasteiger partial charge in [0.1, 0.15) is 0 Å². The zero-order valence-corrected chi connectivity index (χ0v) is 17.6. The molecule has 1 saturated heterocycles. The summed E-state index contributed by atoms with van der Waals surface area (Å²) in [5.41, 5.74) is 3.38. The molecule has 1 aliphatic rings. The number of benzene rings is 3. The highest BCUT2D eigenvalue weighted by atomic mass is 16.5. The molecular weight excluding hydrogens is 422 g/mol. The maximum atomic E-state index is 12.4. The van der Waals surface area contributed by atoms with Crippen LogP contribution in [0.2, 0.25) is 0 Å². The number of rotatable bonds is 7. The third kappa shape index (κ3) is 5.24. The normalized spacial score (nSPS) is 12.9. The number of esters is 1. The van der Waals surface area contributed by atoms with Crippen LogP contribution in [-0.2, 0) is 20.9 Å². The minimum absolute atomic E-state index is 0.0128. The summed E-state index contributed by atoms with van der Waals surface area (Å²) in [7, 11) is 0. The fourth-order valence-electron chi connectivity index (χ4n) is 3.41. The van der Waals surface area contributed by atoms with Crippen LogP contribution in [0.3, 0.4) is 0 Å². The fraction of sp³-hybridized carbons (Fsp3) is 0.120. The van der Waals surface area contributed by atoms with Crippen molar-refractivity contribution in [1.29, 1.82) is 0 Å². The Bertz CT molecular complexity index is 1180. The molecule has 3 aromatic carbocycles. The Morgan fingerprint density at radius 1 is 0.909 bits per heavy atom. The van der Waals surface area contributed by atoms with E-state index in [1.807, 2.05) is 48.5 Å². The van der Waals surface area contributed by atoms with E-state index < -0.39 is 24.5 Å². The van der Waals surface area contributed by atoms with E-state index in [0.29, 0.717) is 11.3 Å². The summed E-state index contributed by atoms with van der Waals surface area (Å²) in [6.07, 6.45) is 0. The molecule has 0 atom stereocenters. The molecule has 0 bridgehead atoms. The van der Waals surface area contributed by atoms with Gasteiger partial charge in [-0.1, -0.05) is 60.7 Å². The SMILES string of the molecule is O=C(COC(=O)c1ccc(CN2C(=O)CNC2=O)cc1)Nc1ccccc1-c1ccccc1. The summed E-state index contributed by atoms with van der Waals surface area (Å²) in [4.78, 5) is 49.1. The first kappa shape index (κ1) is 21.8. The Morgan fingerprint density at radius 3 is 2.30 bits per heavy atom. The van der Waals surface area contributed by atoms with Crippen molar-refractivity contribution < 1.29 is 23.9 Å². The van der Waals surface area contributed by atoms with Crippen molar-refractivity contribution in [2.24, 2.45) is 0 Å². The summed E-state index contributed by atoms with van der Waals surface area (Å²) in [5, 5.41) is 5.23. The van der Waals surface area contributed by atoms with Gasteiger partial charge in [0.15, 0.2) is 6.61 Å². The molecular formula is C25H21N3O5. The number of nitrogens with one attached hydrogen (secondary N) is 2. The Labute approximate surface area is 190 Å². The van der Waals surface area contributed by atoms with Crippen molar-refractivity contribution in [3.63, 3.8) is 0 Å². The van der Waals surface area contributed by atoms with Crippen LogP contribution < -0.4 is 10.6 Å². The molecule has 4 amide bonds. The van der Waals surface area contributed by atoms with Crippen molar-refractivity contribution in [2.75, 3.05) is 18.5 Å². The average Bonchev–Trinajstić information content (AvgIpc) is 3.16. The highest BCUT2D eigenvalue weighted by Crippen LogP contribution is 2.27. The molecule has 0 aromatic heterocycles. The van der Waals surface area contributed by atoms with Gasteiger partial charge in [-0.25, -0.2) is 9.59 Å². The van der Waals surface area contributed by atoms with E-state index in [2.05, 4.69) is 10.6 Å². The number of imide groups is 1. The number of urea groups is 1. The molecule has 0 radical (unpaired) electrons. The van der Waals surface area contributed by atoms with E-state index in [4.69, 9.17) is 4.74 Å². The van der Waals surface area contributed by atoms with Gasteiger partial charge in [0.05, 0.1) is 18.7 Å². The molecule has 0 spiro atoms. The Kier molecular flexibility index (Phi) is 6.45. The zero-order chi connectivity index (χ0) is 23.2. The van der Waals surface area contributed by atoms with E-state index >= 15 is 0 Å². The van der Waals surface area contributed by atoms with E-state index in [1.165, 1.54) is 12.1 Å². The minimum atomic E-state index is -0.650. The maximum absolute atomic E-state index is 12.4. The molecule has 0 saturated carbocycles. The first-order chi connectivity index (χ1) is 16.0. The highest BCUT2D eigenvalue weighted by Gasteiger charge is 2.28. The van der Waals surface area contributed by atoms with Crippen LogP contribution in [0.15, 0.2) is 78.9 Å². The van der Waals surface area contributed by atoms with Crippen LogP contribution in [0.1, 0.15) is 15.9 Å². The molecule has 3 aromatic rings. The minimum Gasteiger partial charge on any atom is -0.452 e. The predicted octanol–water partition coefficient (Wildman–Crippen LogP) is 3.20. The average molecular weight is 443 g/mol. The Balaban J connectivity index is 1.33. The molecule has 166 valence electrons. The molecule has 4 rings (SSSR count). The third-order valence-electron chi connectivity index (χ3n) is 5.09. The lowest BCUT2D eigenvalue weighted by molar-refractivity contribution is -0.125. The van der Waals surface area contributed by atoms with Gasteiger partial charge in [-0.05, 0) is 29.3 Å². The summed E-state index contributed by atoms with van der Waals surface area (Å²) in [6.45, 7) is -0.337. The van der Waals surface area contributed by atoms with Gasteiger partial charge in [-0.3, -0.25) is 14.5 Å². The van der Waals surface area contributed by atoms with Crippen LogP contribution in [0.25, 0.3) is 11.1 Å². The number of carbonyl (C=O) groups is 4. The zero-order valence-electron chi connectivity index (χ0n) is 17.6. The van der Waals surface area contributed by atoms with Crippen molar-refractivity contribution >= 4 is 29.5 Å². The molecule has 1 aliphatic heterocycles. The number of anilines is 1. The topological polar surface area (TPSA) is 105 Å². The van der Waals surface area contributed by atoms with Crippen LogP contribution in [0, 0.1) is 0 Å². The smallest absolute Gasteiger partial charge is 0.338 e. The molecule has 8 heteroatoms. The Hall–Kier alpha value is -4.46. The standard InChI is InChI=1S/C25H21N3O5/c29-22(27-21-9-5-4-8-20(21)18-6-2-1-3-7-18)16-33-24(31)19-12-10-17(11-13-19)15-28-23(30)14-26-25(28)32/h1-13H,14-16H2,(H,26,32)(H,27,29). The summed E-state index contributed by atoms with van der Waals surface area (Å²) in [6, 6.07) is 22.9. The van der Waals surface area contributed by atoms with Gasteiger partial charge < -0.3 is 15.4 Å². The first-order valence-corrected chi connectivity index (χ1v) is 10.3. The third-order valence-corrected chi connectivity index (χ3v) is 5.09. The van der Waals surface area contributed by atoms with Gasteiger partial charge in [-0.15, -0.1) is 0 Å². The quantitative estimate of drug-likeness (QED) is 0.431. The van der Waals surface area contributed by atoms with Gasteiger partial charge in [0.2, 0.25) is 5.91 Å². The van der Waals surface area contributed by atoms with Crippen molar-refractivity contribution in [3.05, 3.63) is 90.0 Å². The maximum Gasteiger partial charge on any atom is 0.338 e. The van der Waals surface area contributed by atoms with Crippen LogP contribution in [-0.4, -0.2) is 41.9 Å². The van der Waals surface area contributed by atoms with Gasteiger partial charge >= 0.3 is 12.0 Å². The molecule has 33 heavy (non-hydrogen) atoms. The van der Waals surface area contributed by atoms with Crippen molar-refractivity contribution in [3.8, 4) is 11.1 Å². The highest BCUT2D eigenvalue weighted by molar-refractivity contribution is 6.02. The number of hydrogen-bond donors (Lipinski definition) is 2. The largest absolute Gasteiger partial charge is 0.452 e. The number of carbonyl (C=O) groups excluding carboxylic acids is 4. The number of amides is 4. The van der Waals surface area contributed by atoms with Crippen LogP contribution in [0.5, 0.6) is 0 Å². The predicted molar refractivity (Wildman–Crippen MR) is 121 cm³/mol. The van der Waals surface area contributed by atoms with Crippen molar-refractivity contribution in [2.45, 2.75) is 6.54 Å². The number of hydrogen-bond acceptors (Lipinski definition) is 5. The second kappa shape index (κ2) is 9.78. The summed E-state index contributed by atoms with van der Waals surface area (Å²) < 4.78 is 5.14. The summed E-state index contributed by atoms with van der Waals surface area (Å²) >= 11 is 0. The van der Waals surface area contributed by atoms with Gasteiger partial charge in [0, 0.05) is 11.3 Å². The fourth-order valence-corrected chi connectivity index (χ4v) is 3.41. The lowest BCUT2D eigenvalue weighted by Crippen LogP contribution is -2.30. The van der Waals surface area contributed by atoms with E-state index in [-0.39, 0.29) is 24.6 Å². The van der Waals surface area contributed by atoms with Gasteiger partial charge in [0.25, 0.3) is 5.91 Å². The number of ether oxygens (including phenoxy) is 1. The second-order valence-electron chi connectivity index (χ2n) is 7.37. The monoisotopic (exact) mass is 443 g/mol. The molecule has 8 nitrogen and oxygen atoms in total. The lowest BCUT2D eigenvalue weighted by atomic mass is 10.0. The molecule has 1 heterocycles. The number of para-hydroxylation sites is 1. The van der Waals surface area contributed by atoms with E-state index in [9.17, 15) is 19.2 Å². The summed E-state index contributed by atoms with van der Waals surface area (Å²) in [5.74, 6) is -1.41. The number of nitrogens with zero attached hydrogens (tertiary/aromatic N) is 1. The molecule has 0 unspecified atom stereocenters. The van der Waals surface area contributed by atoms with Crippen LogP contribution >= 0.6 is 0 Å². The molecule has 1 fully saturated rings. The van der Waals surface area contributed by atoms with E-state index in [1.54, 1.807) is 18.2 Å². The van der Waals surface area contributed by atoms with Crippen molar-refractivity contribution in [1.82, 2.24) is 10.2 Å². The second-order valence-corrected chi connectivity index (χ2v) is 7.37. The molecule has 0 aliphatic carbocycles. The lowest BCUT2D eigenvalue weighted by Gasteiger charge is -2.13.